The molecule has 2 fully saturated rings. The first-order chi connectivity index (χ1) is 11.1. The Morgan fingerprint density at radius 2 is 2.35 bits per heavy atom. The normalized spacial score (nSPS) is 26.7. The number of aryl methyl sites for hydroxylation is 1. The summed E-state index contributed by atoms with van der Waals surface area (Å²) in [6, 6.07) is 4.21. The number of rotatable bonds is 3. The van der Waals surface area contributed by atoms with Crippen LogP contribution in [0, 0.1) is 18.8 Å². The van der Waals surface area contributed by atoms with E-state index in [2.05, 4.69) is 4.98 Å². The molecule has 0 aromatic carbocycles. The third-order valence-electron chi connectivity index (χ3n) is 5.21. The van der Waals surface area contributed by atoms with E-state index in [-0.39, 0.29) is 11.9 Å². The molecular formula is C17H21N3O2S. The molecule has 3 atom stereocenters. The van der Waals surface area contributed by atoms with Gasteiger partial charge in [0.05, 0.1) is 17.0 Å². The van der Waals surface area contributed by atoms with Crippen molar-refractivity contribution >= 4 is 17.2 Å². The van der Waals surface area contributed by atoms with E-state index < -0.39 is 0 Å². The lowest BCUT2D eigenvalue weighted by Crippen LogP contribution is -2.34. The molecule has 1 aliphatic heterocycles. The monoisotopic (exact) mass is 331 g/mol. The Morgan fingerprint density at radius 1 is 1.48 bits per heavy atom. The molecule has 1 aliphatic carbocycles. The first kappa shape index (κ1) is 14.9. The molecule has 5 nitrogen and oxygen atoms in total. The summed E-state index contributed by atoms with van der Waals surface area (Å²) in [6.07, 6.45) is 2.57. The molecule has 3 heterocycles. The number of carbonyl (C=O) groups excluding carboxylic acids is 1. The fourth-order valence-corrected chi connectivity index (χ4v) is 4.51. The topological polar surface area (TPSA) is 72.4 Å². The van der Waals surface area contributed by atoms with E-state index in [0.29, 0.717) is 24.1 Å². The van der Waals surface area contributed by atoms with Crippen LogP contribution in [0.5, 0.6) is 0 Å². The first-order valence-corrected chi connectivity index (χ1v) is 9.03. The molecule has 23 heavy (non-hydrogen) atoms. The number of nitrogens with two attached hydrogens (primary N) is 1. The van der Waals surface area contributed by atoms with E-state index in [1.54, 1.807) is 11.3 Å². The van der Waals surface area contributed by atoms with Gasteiger partial charge in [0, 0.05) is 19.1 Å². The number of aromatic nitrogens is 1. The summed E-state index contributed by atoms with van der Waals surface area (Å²) in [4.78, 5) is 20.1. The number of nitrogens with zero attached hydrogens (tertiary/aromatic N) is 2. The standard InChI is InChI=1S/C17H21N3O2S/c1-10-14(19-17(22-10)15-3-2-6-23-15)7-16(21)20-8-11-4-5-13(18)12(11)9-20/h2-3,6,11-13H,4-5,7-9,18H2,1H3. The molecule has 2 aromatic rings. The van der Waals surface area contributed by atoms with Gasteiger partial charge in [0.2, 0.25) is 11.8 Å². The predicted octanol–water partition coefficient (Wildman–Crippen LogP) is 2.45. The molecule has 3 unspecified atom stereocenters. The van der Waals surface area contributed by atoms with Gasteiger partial charge in [0.1, 0.15) is 5.76 Å². The highest BCUT2D eigenvalue weighted by atomic mass is 32.1. The molecule has 6 heteroatoms. The molecule has 0 spiro atoms. The second-order valence-electron chi connectivity index (χ2n) is 6.64. The summed E-state index contributed by atoms with van der Waals surface area (Å²) in [7, 11) is 0. The lowest BCUT2D eigenvalue weighted by Gasteiger charge is -2.18. The van der Waals surface area contributed by atoms with Crippen LogP contribution in [0.4, 0.5) is 0 Å². The molecule has 2 aliphatic rings. The Hall–Kier alpha value is -1.66. The van der Waals surface area contributed by atoms with E-state index in [9.17, 15) is 4.79 Å². The lowest BCUT2D eigenvalue weighted by molar-refractivity contribution is -0.129. The van der Waals surface area contributed by atoms with Crippen LogP contribution in [0.15, 0.2) is 21.9 Å². The van der Waals surface area contributed by atoms with Crippen molar-refractivity contribution in [3.8, 4) is 10.8 Å². The van der Waals surface area contributed by atoms with E-state index in [0.717, 1.165) is 42.3 Å². The molecule has 2 N–H and O–H groups in total. The van der Waals surface area contributed by atoms with E-state index in [4.69, 9.17) is 10.2 Å². The van der Waals surface area contributed by atoms with Gasteiger partial charge in [-0.05, 0) is 43.0 Å². The van der Waals surface area contributed by atoms with Gasteiger partial charge >= 0.3 is 0 Å². The maximum atomic E-state index is 12.6. The molecule has 1 saturated carbocycles. The van der Waals surface area contributed by atoms with Crippen LogP contribution in [-0.2, 0) is 11.2 Å². The van der Waals surface area contributed by atoms with Crippen LogP contribution >= 0.6 is 11.3 Å². The lowest BCUT2D eigenvalue weighted by atomic mass is 9.98. The minimum absolute atomic E-state index is 0.140. The zero-order valence-corrected chi connectivity index (χ0v) is 14.0. The molecule has 0 bridgehead atoms. The summed E-state index contributed by atoms with van der Waals surface area (Å²) in [5, 5.41) is 1.99. The number of fused-ring (bicyclic) bond motifs is 1. The van der Waals surface area contributed by atoms with Crippen molar-refractivity contribution in [2.24, 2.45) is 17.6 Å². The van der Waals surface area contributed by atoms with E-state index in [1.165, 1.54) is 0 Å². The van der Waals surface area contributed by atoms with Crippen molar-refractivity contribution in [2.75, 3.05) is 13.1 Å². The van der Waals surface area contributed by atoms with E-state index >= 15 is 0 Å². The van der Waals surface area contributed by atoms with Crippen LogP contribution < -0.4 is 5.73 Å². The number of carbonyl (C=O) groups is 1. The highest BCUT2D eigenvalue weighted by Gasteiger charge is 2.42. The molecule has 122 valence electrons. The van der Waals surface area contributed by atoms with Crippen molar-refractivity contribution in [3.63, 3.8) is 0 Å². The number of hydrogen-bond donors (Lipinski definition) is 1. The van der Waals surface area contributed by atoms with Crippen LogP contribution in [0.1, 0.15) is 24.3 Å². The van der Waals surface area contributed by atoms with E-state index in [1.807, 2.05) is 29.3 Å². The third kappa shape index (κ3) is 2.70. The maximum Gasteiger partial charge on any atom is 0.236 e. The Bertz CT molecular complexity index is 710. The smallest absolute Gasteiger partial charge is 0.236 e. The third-order valence-corrected chi connectivity index (χ3v) is 6.07. The van der Waals surface area contributed by atoms with Crippen molar-refractivity contribution in [1.29, 1.82) is 0 Å². The minimum Gasteiger partial charge on any atom is -0.440 e. The number of thiophene rings is 1. The van der Waals surface area contributed by atoms with Gasteiger partial charge in [0.25, 0.3) is 0 Å². The fraction of sp³-hybridized carbons (Fsp3) is 0.529. The van der Waals surface area contributed by atoms with Crippen molar-refractivity contribution in [1.82, 2.24) is 9.88 Å². The maximum absolute atomic E-state index is 12.6. The summed E-state index contributed by atoms with van der Waals surface area (Å²) >= 11 is 1.59. The average Bonchev–Trinajstić information content (AvgIpc) is 3.27. The van der Waals surface area contributed by atoms with Crippen molar-refractivity contribution in [2.45, 2.75) is 32.2 Å². The predicted molar refractivity (Wildman–Crippen MR) is 89.0 cm³/mol. The largest absolute Gasteiger partial charge is 0.440 e. The van der Waals surface area contributed by atoms with Gasteiger partial charge in [-0.15, -0.1) is 11.3 Å². The number of hydrogen-bond acceptors (Lipinski definition) is 5. The molecule has 0 radical (unpaired) electrons. The SMILES string of the molecule is Cc1oc(-c2cccs2)nc1CC(=O)N1CC2CCC(N)C2C1. The number of likely N-dealkylation sites (tertiary alicyclic amines) is 1. The Morgan fingerprint density at radius 3 is 3.09 bits per heavy atom. The zero-order chi connectivity index (χ0) is 16.0. The van der Waals surface area contributed by atoms with Crippen molar-refractivity contribution in [3.05, 3.63) is 29.0 Å². The van der Waals surface area contributed by atoms with Crippen LogP contribution in [-0.4, -0.2) is 34.9 Å². The Kier molecular flexibility index (Phi) is 3.73. The summed E-state index contributed by atoms with van der Waals surface area (Å²) in [6.45, 7) is 3.53. The molecule has 4 rings (SSSR count). The van der Waals surface area contributed by atoms with Gasteiger partial charge in [-0.2, -0.15) is 0 Å². The van der Waals surface area contributed by atoms with Gasteiger partial charge in [0.15, 0.2) is 0 Å². The van der Waals surface area contributed by atoms with Gasteiger partial charge in [-0.1, -0.05) is 6.07 Å². The number of oxazole rings is 1. The van der Waals surface area contributed by atoms with Crippen LogP contribution in [0.25, 0.3) is 10.8 Å². The molecule has 1 amide bonds. The van der Waals surface area contributed by atoms with Gasteiger partial charge < -0.3 is 15.1 Å². The first-order valence-electron chi connectivity index (χ1n) is 8.15. The molecular weight excluding hydrogens is 310 g/mol. The molecule has 2 aromatic heterocycles. The highest BCUT2D eigenvalue weighted by molar-refractivity contribution is 7.13. The Balaban J connectivity index is 1.45. The highest BCUT2D eigenvalue weighted by Crippen LogP contribution is 2.37. The second-order valence-corrected chi connectivity index (χ2v) is 7.59. The summed E-state index contributed by atoms with van der Waals surface area (Å²) in [5.74, 6) is 2.56. The van der Waals surface area contributed by atoms with Gasteiger partial charge in [-0.25, -0.2) is 4.98 Å². The van der Waals surface area contributed by atoms with Crippen molar-refractivity contribution < 1.29 is 9.21 Å². The van der Waals surface area contributed by atoms with Gasteiger partial charge in [-0.3, -0.25) is 4.79 Å². The van der Waals surface area contributed by atoms with Crippen LogP contribution in [0.2, 0.25) is 0 Å². The number of amides is 1. The molecule has 1 saturated heterocycles. The summed E-state index contributed by atoms with van der Waals surface area (Å²) in [5.41, 5.74) is 6.90. The summed E-state index contributed by atoms with van der Waals surface area (Å²) < 4.78 is 5.72. The van der Waals surface area contributed by atoms with Crippen LogP contribution in [0.3, 0.4) is 0 Å². The quantitative estimate of drug-likeness (QED) is 0.938. The fourth-order valence-electron chi connectivity index (χ4n) is 3.86. The Labute approximate surface area is 139 Å². The second kappa shape index (κ2) is 5.76. The average molecular weight is 331 g/mol. The zero-order valence-electron chi connectivity index (χ0n) is 13.2. The minimum atomic E-state index is 0.140.